The fraction of sp³-hybridized carbons (Fsp3) is 0.440. The van der Waals surface area contributed by atoms with E-state index in [9.17, 15) is 9.59 Å². The normalized spacial score (nSPS) is 20.6. The van der Waals surface area contributed by atoms with Crippen molar-refractivity contribution in [2.45, 2.75) is 46.3 Å². The van der Waals surface area contributed by atoms with Gasteiger partial charge in [-0.1, -0.05) is 30.3 Å². The second-order valence-corrected chi connectivity index (χ2v) is 8.72. The molecule has 2 atom stereocenters. The number of nitrogens with one attached hydrogen (secondary N) is 1. The zero-order valence-electron chi connectivity index (χ0n) is 18.6. The summed E-state index contributed by atoms with van der Waals surface area (Å²) in [6, 6.07) is 13.9. The number of hydrogen-bond donors (Lipinski definition) is 1. The Balaban J connectivity index is 1.43. The molecule has 2 aliphatic heterocycles. The number of likely N-dealkylation sites (tertiary alicyclic amines) is 1. The van der Waals surface area contributed by atoms with Gasteiger partial charge in [-0.05, 0) is 62.4 Å². The van der Waals surface area contributed by atoms with Crippen molar-refractivity contribution in [3.05, 3.63) is 59.2 Å². The molecule has 2 aromatic carbocycles. The maximum atomic E-state index is 13.4. The van der Waals surface area contributed by atoms with E-state index >= 15 is 0 Å². The summed E-state index contributed by atoms with van der Waals surface area (Å²) in [6.07, 6.45) is 1.56. The minimum absolute atomic E-state index is 0.0207. The molecular weight excluding hydrogens is 390 g/mol. The van der Waals surface area contributed by atoms with Crippen LogP contribution in [-0.4, -0.2) is 42.6 Å². The highest BCUT2D eigenvalue weighted by Crippen LogP contribution is 2.35. The number of nitrogens with zero attached hydrogens (tertiary/aromatic N) is 2. The number of amides is 3. The van der Waals surface area contributed by atoms with Gasteiger partial charge in [-0.15, -0.1) is 0 Å². The number of aryl methyl sites for hydroxylation is 2. The van der Waals surface area contributed by atoms with E-state index in [4.69, 9.17) is 4.74 Å². The average Bonchev–Trinajstić information content (AvgIpc) is 2.77. The van der Waals surface area contributed by atoms with Crippen molar-refractivity contribution in [3.8, 4) is 5.75 Å². The van der Waals surface area contributed by atoms with Crippen LogP contribution in [0.2, 0.25) is 0 Å². The molecule has 1 fully saturated rings. The number of carbonyl (C=O) groups is 2. The number of rotatable bonds is 3. The number of piperidine rings is 1. The number of carbonyl (C=O) groups excluding carboxylic acids is 2. The Labute approximate surface area is 184 Å². The summed E-state index contributed by atoms with van der Waals surface area (Å²) in [5.41, 5.74) is 4.18. The van der Waals surface area contributed by atoms with Gasteiger partial charge in [0.1, 0.15) is 11.9 Å². The summed E-state index contributed by atoms with van der Waals surface area (Å²) >= 11 is 0. The summed E-state index contributed by atoms with van der Waals surface area (Å²) < 4.78 is 5.92. The highest BCUT2D eigenvalue weighted by Gasteiger charge is 2.34. The largest absolute Gasteiger partial charge is 0.487 e. The van der Waals surface area contributed by atoms with Gasteiger partial charge in [0.2, 0.25) is 5.91 Å². The van der Waals surface area contributed by atoms with Crippen LogP contribution in [0.25, 0.3) is 0 Å². The van der Waals surface area contributed by atoms with Gasteiger partial charge >= 0.3 is 6.03 Å². The predicted molar refractivity (Wildman–Crippen MR) is 121 cm³/mol. The van der Waals surface area contributed by atoms with Crippen LogP contribution < -0.4 is 15.0 Å². The van der Waals surface area contributed by atoms with Crippen LogP contribution in [-0.2, 0) is 11.3 Å². The highest BCUT2D eigenvalue weighted by molar-refractivity contribution is 5.95. The Morgan fingerprint density at radius 2 is 1.94 bits per heavy atom. The molecule has 2 aromatic rings. The lowest BCUT2D eigenvalue weighted by Crippen LogP contribution is -2.53. The Bertz CT molecular complexity index is 974. The van der Waals surface area contributed by atoms with Crippen LogP contribution >= 0.6 is 0 Å². The monoisotopic (exact) mass is 421 g/mol. The molecule has 4 rings (SSSR count). The first-order valence-corrected chi connectivity index (χ1v) is 11.1. The average molecular weight is 422 g/mol. The first-order chi connectivity index (χ1) is 14.9. The van der Waals surface area contributed by atoms with E-state index in [-0.39, 0.29) is 24.0 Å². The van der Waals surface area contributed by atoms with Crippen LogP contribution in [0.15, 0.2) is 42.5 Å². The topological polar surface area (TPSA) is 61.9 Å². The molecule has 164 valence electrons. The second kappa shape index (κ2) is 9.00. The third-order valence-electron chi connectivity index (χ3n) is 6.18. The predicted octanol–water partition coefficient (Wildman–Crippen LogP) is 4.04. The fourth-order valence-electron chi connectivity index (χ4n) is 4.40. The van der Waals surface area contributed by atoms with E-state index in [1.54, 1.807) is 0 Å². The zero-order valence-corrected chi connectivity index (χ0v) is 18.6. The lowest BCUT2D eigenvalue weighted by molar-refractivity contribution is -0.126. The Hall–Kier alpha value is -3.02. The quantitative estimate of drug-likeness (QED) is 0.814. The summed E-state index contributed by atoms with van der Waals surface area (Å²) in [6.45, 7) is 8.18. The molecule has 31 heavy (non-hydrogen) atoms. The van der Waals surface area contributed by atoms with E-state index in [2.05, 4.69) is 5.32 Å². The van der Waals surface area contributed by atoms with Gasteiger partial charge in [0.15, 0.2) is 0 Å². The molecule has 0 radical (unpaired) electrons. The standard InChI is InChI=1S/C25H31N3O3/c1-17-10-11-23-22(13-17)28(15-19(3)31-23)25(30)27-12-6-9-21(16-27)24(29)26-14-20-8-5-4-7-18(20)2/h4-5,7-8,10-11,13,19,21H,6,9,12,14-16H2,1-3H3,(H,26,29). The van der Waals surface area contributed by atoms with E-state index in [0.717, 1.165) is 35.4 Å². The molecule has 0 aliphatic carbocycles. The highest BCUT2D eigenvalue weighted by atomic mass is 16.5. The van der Waals surface area contributed by atoms with Crippen LogP contribution in [0.1, 0.15) is 36.5 Å². The second-order valence-electron chi connectivity index (χ2n) is 8.72. The number of hydrogen-bond acceptors (Lipinski definition) is 3. The van der Waals surface area contributed by atoms with Gasteiger partial charge in [0.25, 0.3) is 0 Å². The van der Waals surface area contributed by atoms with Crippen LogP contribution in [0.5, 0.6) is 5.75 Å². The van der Waals surface area contributed by atoms with Gasteiger partial charge < -0.3 is 15.0 Å². The maximum absolute atomic E-state index is 13.4. The SMILES string of the molecule is Cc1ccc2c(c1)N(C(=O)N1CCCC(C(=O)NCc3ccccc3C)C1)CC(C)O2. The smallest absolute Gasteiger partial charge is 0.324 e. The van der Waals surface area contributed by atoms with Gasteiger partial charge in [-0.2, -0.15) is 0 Å². The van der Waals surface area contributed by atoms with Gasteiger partial charge in [0, 0.05) is 19.6 Å². The zero-order chi connectivity index (χ0) is 22.0. The van der Waals surface area contributed by atoms with Crippen molar-refractivity contribution in [2.24, 2.45) is 5.92 Å². The molecule has 0 bridgehead atoms. The maximum Gasteiger partial charge on any atom is 0.324 e. The van der Waals surface area contributed by atoms with Gasteiger partial charge in [-0.25, -0.2) is 4.79 Å². The minimum atomic E-state index is -0.183. The van der Waals surface area contributed by atoms with E-state index < -0.39 is 0 Å². The van der Waals surface area contributed by atoms with Crippen molar-refractivity contribution in [1.29, 1.82) is 0 Å². The number of benzene rings is 2. The Morgan fingerprint density at radius 1 is 1.13 bits per heavy atom. The molecule has 3 amide bonds. The fourth-order valence-corrected chi connectivity index (χ4v) is 4.40. The van der Waals surface area contributed by atoms with E-state index in [1.807, 2.05) is 73.0 Å². The van der Waals surface area contributed by atoms with E-state index in [1.165, 1.54) is 5.56 Å². The molecule has 6 nitrogen and oxygen atoms in total. The molecule has 1 N–H and O–H groups in total. The van der Waals surface area contributed by atoms with E-state index in [0.29, 0.717) is 26.2 Å². The summed E-state index contributed by atoms with van der Waals surface area (Å²) in [5.74, 6) is 0.576. The molecule has 0 aromatic heterocycles. The molecule has 1 saturated heterocycles. The lowest BCUT2D eigenvalue weighted by atomic mass is 9.97. The first kappa shape index (κ1) is 21.2. The summed E-state index contributed by atoms with van der Waals surface area (Å²) in [7, 11) is 0. The molecule has 2 aliphatic rings. The number of fused-ring (bicyclic) bond motifs is 1. The van der Waals surface area contributed by atoms with Gasteiger partial charge in [-0.3, -0.25) is 9.69 Å². The van der Waals surface area contributed by atoms with Crippen molar-refractivity contribution in [1.82, 2.24) is 10.2 Å². The Kier molecular flexibility index (Phi) is 6.16. The number of anilines is 1. The van der Waals surface area contributed by atoms with Crippen LogP contribution in [0.4, 0.5) is 10.5 Å². The van der Waals surface area contributed by atoms with Crippen molar-refractivity contribution in [2.75, 3.05) is 24.5 Å². The van der Waals surface area contributed by atoms with Crippen LogP contribution in [0.3, 0.4) is 0 Å². The molecule has 0 spiro atoms. The number of ether oxygens (including phenoxy) is 1. The van der Waals surface area contributed by atoms with Crippen LogP contribution in [0, 0.1) is 19.8 Å². The third kappa shape index (κ3) is 4.68. The first-order valence-electron chi connectivity index (χ1n) is 11.1. The van der Waals surface area contributed by atoms with Crippen molar-refractivity contribution < 1.29 is 14.3 Å². The molecular formula is C25H31N3O3. The van der Waals surface area contributed by atoms with Gasteiger partial charge in [0.05, 0.1) is 18.2 Å². The minimum Gasteiger partial charge on any atom is -0.487 e. The molecule has 2 unspecified atom stereocenters. The Morgan fingerprint density at radius 3 is 2.74 bits per heavy atom. The summed E-state index contributed by atoms with van der Waals surface area (Å²) in [4.78, 5) is 29.9. The van der Waals surface area contributed by atoms with Crippen molar-refractivity contribution in [3.63, 3.8) is 0 Å². The van der Waals surface area contributed by atoms with Crippen molar-refractivity contribution >= 4 is 17.6 Å². The summed E-state index contributed by atoms with van der Waals surface area (Å²) in [5, 5.41) is 3.07. The lowest BCUT2D eigenvalue weighted by Gasteiger charge is -2.39. The molecule has 2 heterocycles. The third-order valence-corrected chi connectivity index (χ3v) is 6.18. The molecule has 6 heteroatoms. The number of urea groups is 1. The molecule has 0 saturated carbocycles.